The number of carboxylic acid groups (broad SMARTS) is 1. The Balaban J connectivity index is 1.88. The minimum absolute atomic E-state index is 0.0887. The van der Waals surface area contributed by atoms with Gasteiger partial charge in [-0.15, -0.1) is 0 Å². The highest BCUT2D eigenvalue weighted by atomic mass is 16.5. The molecule has 2 rings (SSSR count). The van der Waals surface area contributed by atoms with Gasteiger partial charge in [-0.05, 0) is 18.1 Å². The third kappa shape index (κ3) is 4.38. The third-order valence-electron chi connectivity index (χ3n) is 3.27. The summed E-state index contributed by atoms with van der Waals surface area (Å²) in [5, 5.41) is 14.3. The number of alkyl carbamates (subject to hydrolysis) is 1. The fourth-order valence-corrected chi connectivity index (χ4v) is 2.20. The molecule has 121 valence electrons. The van der Waals surface area contributed by atoms with E-state index in [1.807, 2.05) is 0 Å². The van der Waals surface area contributed by atoms with E-state index >= 15 is 0 Å². The van der Waals surface area contributed by atoms with E-state index in [-0.39, 0.29) is 30.4 Å². The molecule has 0 fully saturated rings. The molecule has 1 unspecified atom stereocenters. The van der Waals surface area contributed by atoms with Gasteiger partial charge >= 0.3 is 19.5 Å². The predicted octanol–water partition coefficient (Wildman–Crippen LogP) is 0.127. The Bertz CT molecular complexity index is 621. The highest BCUT2D eigenvalue weighted by molar-refractivity contribution is 6.32. The van der Waals surface area contributed by atoms with Crippen molar-refractivity contribution in [2.45, 2.75) is 18.8 Å². The quantitative estimate of drug-likeness (QED) is 0.665. The molecule has 0 bridgehead atoms. The van der Waals surface area contributed by atoms with Crippen LogP contribution >= 0.6 is 0 Å². The summed E-state index contributed by atoms with van der Waals surface area (Å²) in [6, 6.07) is 4.86. The van der Waals surface area contributed by atoms with Crippen LogP contribution in [0.2, 0.25) is 0 Å². The van der Waals surface area contributed by atoms with Crippen molar-refractivity contribution in [3.05, 3.63) is 29.3 Å². The van der Waals surface area contributed by atoms with Crippen LogP contribution in [-0.2, 0) is 16.0 Å². The lowest BCUT2D eigenvalue weighted by molar-refractivity contribution is -0.121. The van der Waals surface area contributed by atoms with Crippen molar-refractivity contribution in [2.24, 2.45) is 0 Å². The average Bonchev–Trinajstić information content (AvgIpc) is 2.53. The van der Waals surface area contributed by atoms with Crippen LogP contribution in [-0.4, -0.2) is 50.2 Å². The normalized spacial score (nSPS) is 15.4. The van der Waals surface area contributed by atoms with Crippen LogP contribution in [0.25, 0.3) is 0 Å². The van der Waals surface area contributed by atoms with Crippen molar-refractivity contribution < 1.29 is 28.9 Å². The van der Waals surface area contributed by atoms with Crippen LogP contribution in [0, 0.1) is 0 Å². The van der Waals surface area contributed by atoms with E-state index in [1.54, 1.807) is 12.1 Å². The lowest BCUT2D eigenvalue weighted by Gasteiger charge is -2.26. The molecule has 0 spiro atoms. The van der Waals surface area contributed by atoms with Crippen molar-refractivity contribution in [3.63, 3.8) is 0 Å². The molecule has 0 aromatic heterocycles. The van der Waals surface area contributed by atoms with Crippen molar-refractivity contribution in [3.8, 4) is 5.75 Å². The Morgan fingerprint density at radius 2 is 2.22 bits per heavy atom. The Kier molecular flexibility index (Phi) is 5.45. The third-order valence-corrected chi connectivity index (χ3v) is 3.27. The van der Waals surface area contributed by atoms with E-state index in [4.69, 9.17) is 9.76 Å². The molecule has 8 nitrogen and oxygen atoms in total. The summed E-state index contributed by atoms with van der Waals surface area (Å²) in [7, 11) is 2.65. The molecule has 3 N–H and O–H groups in total. The van der Waals surface area contributed by atoms with Crippen molar-refractivity contribution in [1.82, 2.24) is 10.6 Å². The summed E-state index contributed by atoms with van der Waals surface area (Å²) in [4.78, 5) is 33.8. The van der Waals surface area contributed by atoms with Crippen molar-refractivity contribution in [1.29, 1.82) is 0 Å². The zero-order valence-corrected chi connectivity index (χ0v) is 12.5. The molecule has 0 saturated heterocycles. The highest BCUT2D eigenvalue weighted by Crippen LogP contribution is 2.28. The van der Waals surface area contributed by atoms with Crippen LogP contribution in [0.5, 0.6) is 5.75 Å². The number of rotatable bonds is 5. The van der Waals surface area contributed by atoms with E-state index in [0.717, 1.165) is 0 Å². The smallest absolute Gasteiger partial charge is 0.406 e. The first-order valence-electron chi connectivity index (χ1n) is 6.97. The number of fused-ring (bicyclic) bond motifs is 1. The topological polar surface area (TPSA) is 114 Å². The van der Waals surface area contributed by atoms with E-state index in [1.165, 1.54) is 20.7 Å². The molecule has 1 heterocycles. The first kappa shape index (κ1) is 16.7. The number of methoxy groups -OCH3 is 1. The number of hydrogen-bond acceptors (Lipinski definition) is 5. The number of aromatic carboxylic acids is 1. The number of benzene rings is 1. The van der Waals surface area contributed by atoms with E-state index in [2.05, 4.69) is 15.4 Å². The van der Waals surface area contributed by atoms with Gasteiger partial charge in [-0.1, -0.05) is 12.1 Å². The maximum atomic E-state index is 11.8. The van der Waals surface area contributed by atoms with Crippen LogP contribution in [0.3, 0.4) is 0 Å². The molecule has 0 saturated carbocycles. The predicted molar refractivity (Wildman–Crippen MR) is 80.4 cm³/mol. The van der Waals surface area contributed by atoms with Gasteiger partial charge in [0.05, 0.1) is 12.7 Å². The highest BCUT2D eigenvalue weighted by Gasteiger charge is 2.27. The minimum atomic E-state index is -1.06. The van der Waals surface area contributed by atoms with Gasteiger partial charge in [0.2, 0.25) is 5.91 Å². The Morgan fingerprint density at radius 1 is 1.43 bits per heavy atom. The van der Waals surface area contributed by atoms with Crippen LogP contribution in [0.1, 0.15) is 22.3 Å². The second-order valence-corrected chi connectivity index (χ2v) is 4.90. The fraction of sp³-hybridized carbons (Fsp3) is 0.357. The minimum Gasteiger partial charge on any atom is -0.560 e. The zero-order chi connectivity index (χ0) is 16.8. The van der Waals surface area contributed by atoms with Crippen molar-refractivity contribution >= 4 is 25.5 Å². The van der Waals surface area contributed by atoms with Crippen LogP contribution in [0.4, 0.5) is 4.79 Å². The van der Waals surface area contributed by atoms with E-state index in [9.17, 15) is 14.4 Å². The molecular weight excluding hydrogens is 303 g/mol. The molecular formula is C14H16BN2O6. The number of nitrogens with one attached hydrogen (secondary N) is 2. The number of amides is 2. The van der Waals surface area contributed by atoms with Gasteiger partial charge in [-0.25, -0.2) is 9.59 Å². The lowest BCUT2D eigenvalue weighted by atomic mass is 9.79. The fourth-order valence-electron chi connectivity index (χ4n) is 2.20. The summed E-state index contributed by atoms with van der Waals surface area (Å²) in [5.41, 5.74) is 0.802. The second kappa shape index (κ2) is 7.53. The molecule has 1 aliphatic heterocycles. The van der Waals surface area contributed by atoms with Gasteiger partial charge in [-0.3, -0.25) is 4.79 Å². The number of para-hydroxylation sites is 1. The largest absolute Gasteiger partial charge is 0.560 e. The number of ether oxygens (including phenoxy) is 1. The number of carbonyl (C=O) groups is 3. The first-order chi connectivity index (χ1) is 11.0. The first-order valence-corrected chi connectivity index (χ1v) is 6.97. The molecule has 1 aliphatic rings. The van der Waals surface area contributed by atoms with Gasteiger partial charge in [0.25, 0.3) is 0 Å². The van der Waals surface area contributed by atoms with Gasteiger partial charge in [0.15, 0.2) is 0 Å². The summed E-state index contributed by atoms with van der Waals surface area (Å²) >= 11 is 0. The number of carboxylic acids is 1. The van der Waals surface area contributed by atoms with Crippen LogP contribution < -0.4 is 15.3 Å². The maximum absolute atomic E-state index is 11.8. The average molecular weight is 319 g/mol. The monoisotopic (exact) mass is 319 g/mol. The van der Waals surface area contributed by atoms with Gasteiger partial charge in [0.1, 0.15) is 5.75 Å². The standard InChI is InChI=1S/C14H16BN2O6/c1-22-14(21)16-6-5-11(18)17-10-7-8-3-2-4-9(13(19)20)12(8)23-15-10/h2-4,10H,5-7H2,1H3,(H,16,21)(H,17,18)(H,19,20). The molecule has 1 radical (unpaired) electrons. The lowest BCUT2D eigenvalue weighted by Crippen LogP contribution is -2.46. The molecule has 1 atom stereocenters. The number of carbonyl (C=O) groups excluding carboxylic acids is 2. The summed E-state index contributed by atoms with van der Waals surface area (Å²) < 4.78 is 9.77. The van der Waals surface area contributed by atoms with E-state index in [0.29, 0.717) is 17.7 Å². The zero-order valence-electron chi connectivity index (χ0n) is 12.5. The Labute approximate surface area is 133 Å². The second-order valence-electron chi connectivity index (χ2n) is 4.90. The van der Waals surface area contributed by atoms with Gasteiger partial charge in [0, 0.05) is 18.9 Å². The van der Waals surface area contributed by atoms with Gasteiger partial charge < -0.3 is 25.1 Å². The summed E-state index contributed by atoms with van der Waals surface area (Å²) in [5.74, 6) is -1.38. The number of hydrogen-bond donors (Lipinski definition) is 3. The Morgan fingerprint density at radius 3 is 2.91 bits per heavy atom. The summed E-state index contributed by atoms with van der Waals surface area (Å²) in [6.07, 6.45) is -0.0610. The SMILES string of the molecule is COC(=O)NCCC(=O)NC1[B]Oc2c(cccc2C(=O)O)C1. The summed E-state index contributed by atoms with van der Waals surface area (Å²) in [6.45, 7) is 0.159. The van der Waals surface area contributed by atoms with Crippen molar-refractivity contribution in [2.75, 3.05) is 13.7 Å². The molecule has 1 aromatic carbocycles. The van der Waals surface area contributed by atoms with Gasteiger partial charge in [-0.2, -0.15) is 0 Å². The maximum Gasteiger partial charge on any atom is 0.406 e. The molecule has 0 aliphatic carbocycles. The molecule has 1 aromatic rings. The van der Waals surface area contributed by atoms with E-state index < -0.39 is 12.1 Å². The molecule has 23 heavy (non-hydrogen) atoms. The molecule has 9 heteroatoms. The molecule has 2 amide bonds. The Hall–Kier alpha value is -2.71. The van der Waals surface area contributed by atoms with Crippen LogP contribution in [0.15, 0.2) is 18.2 Å².